The molecule has 35 heavy (non-hydrogen) atoms. The molecule has 0 bridgehead atoms. The van der Waals surface area contributed by atoms with E-state index in [-0.39, 0.29) is 11.5 Å². The molecule has 0 atom stereocenters. The predicted molar refractivity (Wildman–Crippen MR) is 139 cm³/mol. The number of hydrogen-bond donors (Lipinski definition) is 1. The first kappa shape index (κ1) is 22.6. The molecule has 3 aromatic heterocycles. The molecule has 2 aliphatic heterocycles. The molecular weight excluding hydrogens is 508 g/mol. The first-order valence-corrected chi connectivity index (χ1v) is 13.1. The maximum absolute atomic E-state index is 12.4. The number of carbonyl (C=O) groups excluding carboxylic acids is 1. The Morgan fingerprint density at radius 2 is 1.97 bits per heavy atom. The van der Waals surface area contributed by atoms with Gasteiger partial charge in [0.1, 0.15) is 10.2 Å². The third-order valence-electron chi connectivity index (χ3n) is 6.95. The van der Waals surface area contributed by atoms with Crippen LogP contribution in [0.15, 0.2) is 41.4 Å². The molecule has 3 aromatic rings. The summed E-state index contributed by atoms with van der Waals surface area (Å²) < 4.78 is 8.54. The maximum atomic E-state index is 12.4. The van der Waals surface area contributed by atoms with Crippen LogP contribution in [0.4, 0.5) is 16.2 Å². The van der Waals surface area contributed by atoms with Gasteiger partial charge in [0.15, 0.2) is 5.65 Å². The molecular formula is C26H31BrN6O2. The number of anilines is 2. The third kappa shape index (κ3) is 4.58. The molecule has 1 aliphatic carbocycles. The molecule has 0 aromatic carbocycles. The molecule has 2 saturated heterocycles. The minimum atomic E-state index is -0.457. The molecule has 9 heteroatoms. The van der Waals surface area contributed by atoms with Gasteiger partial charge in [-0.3, -0.25) is 0 Å². The van der Waals surface area contributed by atoms with Crippen LogP contribution in [-0.4, -0.2) is 57.1 Å². The van der Waals surface area contributed by atoms with Crippen molar-refractivity contribution >= 4 is 39.0 Å². The van der Waals surface area contributed by atoms with E-state index in [1.165, 1.54) is 24.1 Å². The van der Waals surface area contributed by atoms with Crippen molar-refractivity contribution in [3.8, 4) is 0 Å². The van der Waals surface area contributed by atoms with Gasteiger partial charge >= 0.3 is 6.09 Å². The number of aromatic nitrogens is 3. The van der Waals surface area contributed by atoms with Crippen LogP contribution in [-0.2, 0) is 11.3 Å². The summed E-state index contributed by atoms with van der Waals surface area (Å²) in [6.07, 6.45) is 8.49. The minimum absolute atomic E-state index is 0.176. The summed E-state index contributed by atoms with van der Waals surface area (Å²) in [6.45, 7) is 9.80. The Labute approximate surface area is 213 Å². The van der Waals surface area contributed by atoms with Gasteiger partial charge in [-0.1, -0.05) is 0 Å². The number of nitrogens with one attached hydrogen (secondary N) is 1. The molecule has 1 spiro atoms. The number of pyridine rings is 2. The van der Waals surface area contributed by atoms with Gasteiger partial charge in [0.25, 0.3) is 0 Å². The molecule has 0 radical (unpaired) electrons. The average Bonchev–Trinajstić information content (AvgIpc) is 3.48. The summed E-state index contributed by atoms with van der Waals surface area (Å²) in [5.74, 6) is 0.665. The van der Waals surface area contributed by atoms with Crippen molar-refractivity contribution in [1.29, 1.82) is 0 Å². The summed E-state index contributed by atoms with van der Waals surface area (Å²) in [5.41, 5.74) is 5.33. The Kier molecular flexibility index (Phi) is 5.25. The smallest absolute Gasteiger partial charge is 0.410 e. The molecule has 1 saturated carbocycles. The summed E-state index contributed by atoms with van der Waals surface area (Å²) in [5, 5.41) is 3.44. The van der Waals surface area contributed by atoms with Crippen molar-refractivity contribution in [2.75, 3.05) is 36.4 Å². The van der Waals surface area contributed by atoms with E-state index in [1.807, 2.05) is 37.8 Å². The van der Waals surface area contributed by atoms with Gasteiger partial charge in [-0.2, -0.15) is 0 Å². The number of ether oxygens (including phenoxy) is 1. The lowest BCUT2D eigenvalue weighted by molar-refractivity contribution is -0.0452. The van der Waals surface area contributed by atoms with Gasteiger partial charge in [0.05, 0.1) is 17.9 Å². The molecule has 8 nitrogen and oxygen atoms in total. The van der Waals surface area contributed by atoms with Crippen LogP contribution in [0.1, 0.15) is 50.8 Å². The highest BCUT2D eigenvalue weighted by molar-refractivity contribution is 9.10. The minimum Gasteiger partial charge on any atom is -0.444 e. The lowest BCUT2D eigenvalue weighted by atomic mass is 9.73. The molecule has 3 aliphatic rings. The Morgan fingerprint density at radius 1 is 1.20 bits per heavy atom. The topological polar surface area (TPSA) is 75.0 Å². The number of rotatable bonds is 5. The molecule has 5 heterocycles. The van der Waals surface area contributed by atoms with Crippen molar-refractivity contribution in [2.24, 2.45) is 5.41 Å². The molecule has 0 unspecified atom stereocenters. The highest BCUT2D eigenvalue weighted by Gasteiger charge is 2.54. The van der Waals surface area contributed by atoms with E-state index in [1.54, 1.807) is 6.20 Å². The fraction of sp³-hybridized carbons (Fsp3) is 0.500. The summed E-state index contributed by atoms with van der Waals surface area (Å²) in [4.78, 5) is 25.8. The SMILES string of the molecule is CC(C)(C)OC(=O)N1CC2(C1)CN(c1cc(C3CC3)cn3cc(CNc4ccnc(Br)c4)nc13)C2. The van der Waals surface area contributed by atoms with Crippen molar-refractivity contribution in [1.82, 2.24) is 19.3 Å². The fourth-order valence-electron chi connectivity index (χ4n) is 5.17. The van der Waals surface area contributed by atoms with Crippen LogP contribution >= 0.6 is 15.9 Å². The van der Waals surface area contributed by atoms with E-state index in [0.29, 0.717) is 12.5 Å². The van der Waals surface area contributed by atoms with E-state index in [0.717, 1.165) is 47.8 Å². The number of halogens is 1. The zero-order valence-corrected chi connectivity index (χ0v) is 22.0. The van der Waals surface area contributed by atoms with Crippen LogP contribution in [0.5, 0.6) is 0 Å². The van der Waals surface area contributed by atoms with Crippen molar-refractivity contribution in [3.63, 3.8) is 0 Å². The number of nitrogens with zero attached hydrogens (tertiary/aromatic N) is 5. The van der Waals surface area contributed by atoms with Gasteiger partial charge in [-0.15, -0.1) is 0 Å². The van der Waals surface area contributed by atoms with Crippen LogP contribution in [0.2, 0.25) is 0 Å². The molecule has 1 N–H and O–H groups in total. The number of fused-ring (bicyclic) bond motifs is 1. The van der Waals surface area contributed by atoms with Crippen LogP contribution in [0.25, 0.3) is 5.65 Å². The largest absolute Gasteiger partial charge is 0.444 e. The summed E-state index contributed by atoms with van der Waals surface area (Å²) in [7, 11) is 0. The maximum Gasteiger partial charge on any atom is 0.410 e. The zero-order chi connectivity index (χ0) is 24.4. The monoisotopic (exact) mass is 538 g/mol. The average molecular weight is 539 g/mol. The van der Waals surface area contributed by atoms with Crippen LogP contribution < -0.4 is 10.2 Å². The van der Waals surface area contributed by atoms with Gasteiger partial charge in [-0.25, -0.2) is 14.8 Å². The first-order valence-electron chi connectivity index (χ1n) is 12.3. The standard InChI is InChI=1S/C26H31BrN6O2/c1-25(2,3)35-24(34)33-15-26(16-33)13-32(14-26)21-8-18(17-4-5-17)11-31-12-20(30-23(21)31)10-29-19-6-7-28-22(27)9-19/h6-9,11-12,17H,4-5,10,13-16H2,1-3H3,(H,28,29). The lowest BCUT2D eigenvalue weighted by Gasteiger charge is -2.60. The lowest BCUT2D eigenvalue weighted by Crippen LogP contribution is -2.73. The van der Waals surface area contributed by atoms with E-state index in [9.17, 15) is 4.79 Å². The van der Waals surface area contributed by atoms with Gasteiger partial charge < -0.3 is 24.3 Å². The molecule has 6 rings (SSSR count). The zero-order valence-electron chi connectivity index (χ0n) is 20.4. The predicted octanol–water partition coefficient (Wildman–Crippen LogP) is 5.04. The van der Waals surface area contributed by atoms with Crippen LogP contribution in [0, 0.1) is 5.41 Å². The number of carbonyl (C=O) groups is 1. The number of likely N-dealkylation sites (tertiary alicyclic amines) is 1. The summed E-state index contributed by atoms with van der Waals surface area (Å²) in [6, 6.07) is 6.26. The second kappa shape index (κ2) is 8.11. The van der Waals surface area contributed by atoms with E-state index in [2.05, 4.69) is 54.0 Å². The van der Waals surface area contributed by atoms with Gasteiger partial charge in [0, 0.05) is 55.9 Å². The van der Waals surface area contributed by atoms with Crippen molar-refractivity contribution in [3.05, 3.63) is 52.7 Å². The van der Waals surface area contributed by atoms with Gasteiger partial charge in [-0.05, 0) is 79.2 Å². The number of hydrogen-bond acceptors (Lipinski definition) is 6. The second-order valence-electron chi connectivity index (χ2n) is 11.3. The quantitative estimate of drug-likeness (QED) is 0.458. The summed E-state index contributed by atoms with van der Waals surface area (Å²) >= 11 is 3.42. The Balaban J connectivity index is 1.17. The highest BCUT2D eigenvalue weighted by Crippen LogP contribution is 2.46. The van der Waals surface area contributed by atoms with E-state index < -0.39 is 5.60 Å². The fourth-order valence-corrected chi connectivity index (χ4v) is 5.53. The van der Waals surface area contributed by atoms with E-state index >= 15 is 0 Å². The molecule has 1 amide bonds. The van der Waals surface area contributed by atoms with E-state index in [4.69, 9.17) is 9.72 Å². The van der Waals surface area contributed by atoms with Crippen LogP contribution in [0.3, 0.4) is 0 Å². The van der Waals surface area contributed by atoms with Crippen molar-refractivity contribution in [2.45, 2.75) is 51.7 Å². The van der Waals surface area contributed by atoms with Crippen molar-refractivity contribution < 1.29 is 9.53 Å². The molecule has 3 fully saturated rings. The third-order valence-corrected chi connectivity index (χ3v) is 7.38. The Bertz CT molecular complexity index is 1280. The molecule has 184 valence electrons. The normalized spacial score (nSPS) is 19.0. The Hall–Kier alpha value is -2.81. The number of amides is 1. The van der Waals surface area contributed by atoms with Gasteiger partial charge in [0.2, 0.25) is 0 Å². The second-order valence-corrected chi connectivity index (χ2v) is 12.1. The number of imidazole rings is 1. The first-order chi connectivity index (χ1) is 16.7. The Morgan fingerprint density at radius 3 is 2.66 bits per heavy atom. The highest BCUT2D eigenvalue weighted by atomic mass is 79.9.